The van der Waals surface area contributed by atoms with Crippen molar-refractivity contribution in [1.29, 1.82) is 0 Å². The van der Waals surface area contributed by atoms with E-state index >= 15 is 0 Å². The maximum Gasteiger partial charge on any atom is 0.0673 e. The number of hydrogen-bond donors (Lipinski definition) is 0. The van der Waals surface area contributed by atoms with Gasteiger partial charge in [0.25, 0.3) is 0 Å². The van der Waals surface area contributed by atoms with Crippen molar-refractivity contribution in [3.63, 3.8) is 0 Å². The van der Waals surface area contributed by atoms with E-state index in [0.717, 1.165) is 19.7 Å². The molecule has 0 radical (unpaired) electrons. The van der Waals surface area contributed by atoms with Crippen LogP contribution in [0.3, 0.4) is 0 Å². The van der Waals surface area contributed by atoms with Crippen molar-refractivity contribution in [3.8, 4) is 0 Å². The molecular formula is C22H45NO. The molecule has 144 valence electrons. The van der Waals surface area contributed by atoms with Crippen molar-refractivity contribution >= 4 is 0 Å². The average molecular weight is 340 g/mol. The van der Waals surface area contributed by atoms with Gasteiger partial charge in [0.1, 0.15) is 0 Å². The Kier molecular flexibility index (Phi) is 18.7. The van der Waals surface area contributed by atoms with E-state index in [4.69, 9.17) is 4.74 Å². The molecule has 0 bridgehead atoms. The van der Waals surface area contributed by atoms with Crippen LogP contribution in [0, 0.1) is 0 Å². The Labute approximate surface area is 153 Å². The summed E-state index contributed by atoms with van der Waals surface area (Å²) < 4.78 is 5.87. The van der Waals surface area contributed by atoms with Crippen LogP contribution < -0.4 is 0 Å². The molecule has 2 heteroatoms. The van der Waals surface area contributed by atoms with E-state index < -0.39 is 0 Å². The number of allylic oxidation sites excluding steroid dienone is 2. The summed E-state index contributed by atoms with van der Waals surface area (Å²) in [5.41, 5.74) is 0. The van der Waals surface area contributed by atoms with E-state index in [2.05, 4.69) is 44.9 Å². The zero-order valence-electron chi connectivity index (χ0n) is 17.2. The molecule has 0 fully saturated rings. The largest absolute Gasteiger partial charge is 0.377 e. The maximum atomic E-state index is 5.87. The topological polar surface area (TPSA) is 12.5 Å². The third-order valence-electron chi connectivity index (χ3n) is 4.67. The lowest BCUT2D eigenvalue weighted by Crippen LogP contribution is -2.29. The van der Waals surface area contributed by atoms with Gasteiger partial charge in [-0.2, -0.15) is 0 Å². The molecule has 1 atom stereocenters. The van der Waals surface area contributed by atoms with E-state index in [1.807, 2.05) is 0 Å². The van der Waals surface area contributed by atoms with Crippen molar-refractivity contribution in [3.05, 3.63) is 12.2 Å². The highest BCUT2D eigenvalue weighted by Gasteiger charge is 2.04. The van der Waals surface area contributed by atoms with Crippen LogP contribution in [0.5, 0.6) is 0 Å². The van der Waals surface area contributed by atoms with Crippen LogP contribution in [0.2, 0.25) is 0 Å². The summed E-state index contributed by atoms with van der Waals surface area (Å²) in [6.45, 7) is 9.72. The summed E-state index contributed by atoms with van der Waals surface area (Å²) in [5, 5.41) is 0. The lowest BCUT2D eigenvalue weighted by atomic mass is 10.1. The fraction of sp³-hybridized carbons (Fsp3) is 0.909. The normalized spacial score (nSPS) is 13.2. The second-order valence-electron chi connectivity index (χ2n) is 7.27. The Morgan fingerprint density at radius 2 is 1.33 bits per heavy atom. The first kappa shape index (κ1) is 23.7. The third kappa shape index (κ3) is 18.0. The van der Waals surface area contributed by atoms with Crippen LogP contribution in [-0.4, -0.2) is 37.7 Å². The predicted octanol–water partition coefficient (Wildman–Crippen LogP) is 6.60. The zero-order chi connectivity index (χ0) is 17.9. The molecule has 0 aliphatic heterocycles. The molecule has 24 heavy (non-hydrogen) atoms. The first-order valence-corrected chi connectivity index (χ1v) is 10.7. The minimum absolute atomic E-state index is 0.365. The van der Waals surface area contributed by atoms with E-state index in [1.165, 1.54) is 77.0 Å². The number of rotatable bonds is 18. The summed E-state index contributed by atoms with van der Waals surface area (Å²) in [5.74, 6) is 0. The molecule has 0 saturated heterocycles. The Bertz CT molecular complexity index is 265. The molecule has 2 nitrogen and oxygen atoms in total. The van der Waals surface area contributed by atoms with E-state index in [0.29, 0.717) is 6.10 Å². The maximum absolute atomic E-state index is 5.87. The van der Waals surface area contributed by atoms with Crippen LogP contribution in [-0.2, 0) is 4.74 Å². The van der Waals surface area contributed by atoms with Gasteiger partial charge in [-0.1, -0.05) is 70.9 Å². The van der Waals surface area contributed by atoms with Crippen LogP contribution in [0.4, 0.5) is 0 Å². The summed E-state index contributed by atoms with van der Waals surface area (Å²) in [4.78, 5) is 2.31. The molecule has 0 aromatic carbocycles. The van der Waals surface area contributed by atoms with Crippen molar-refractivity contribution in [1.82, 2.24) is 4.90 Å². The highest BCUT2D eigenvalue weighted by Crippen LogP contribution is 2.09. The van der Waals surface area contributed by atoms with Crippen LogP contribution in [0.1, 0.15) is 97.8 Å². The number of nitrogens with zero attached hydrogens (tertiary/aromatic N) is 1. The summed E-state index contributed by atoms with van der Waals surface area (Å²) >= 11 is 0. The highest BCUT2D eigenvalue weighted by atomic mass is 16.5. The molecule has 0 aromatic rings. The number of unbranched alkanes of at least 4 members (excludes halogenated alkanes) is 10. The molecule has 0 aromatic heterocycles. The Hall–Kier alpha value is -0.340. The molecule has 0 unspecified atom stereocenters. The molecule has 0 amide bonds. The van der Waals surface area contributed by atoms with Crippen molar-refractivity contribution in [2.24, 2.45) is 0 Å². The van der Waals surface area contributed by atoms with E-state index in [9.17, 15) is 0 Å². The molecule has 0 rings (SSSR count). The molecule has 0 heterocycles. The molecular weight excluding hydrogens is 294 g/mol. The second-order valence-corrected chi connectivity index (χ2v) is 7.27. The van der Waals surface area contributed by atoms with Gasteiger partial charge in [0, 0.05) is 13.2 Å². The minimum atomic E-state index is 0.365. The van der Waals surface area contributed by atoms with Gasteiger partial charge in [0.05, 0.1) is 6.10 Å². The van der Waals surface area contributed by atoms with Crippen LogP contribution >= 0.6 is 0 Å². The molecule has 0 aliphatic rings. The standard InChI is InChI=1S/C22H45NO/c1-5-7-8-9-10-11-12-13-14-15-16-17-18-19-20-24-22(3)21-23(4)6-2/h11-12,22H,5-10,13-21H2,1-4H3/b12-11-/t22-/m0/s1. The Morgan fingerprint density at radius 3 is 1.92 bits per heavy atom. The Balaban J connectivity index is 3.18. The van der Waals surface area contributed by atoms with Crippen molar-refractivity contribution in [2.75, 3.05) is 26.7 Å². The smallest absolute Gasteiger partial charge is 0.0673 e. The van der Waals surface area contributed by atoms with Gasteiger partial charge < -0.3 is 9.64 Å². The summed E-state index contributed by atoms with van der Waals surface area (Å²) in [6.07, 6.45) is 21.3. The minimum Gasteiger partial charge on any atom is -0.377 e. The third-order valence-corrected chi connectivity index (χ3v) is 4.67. The average Bonchev–Trinajstić information content (AvgIpc) is 2.58. The van der Waals surface area contributed by atoms with Gasteiger partial charge in [-0.15, -0.1) is 0 Å². The van der Waals surface area contributed by atoms with Gasteiger partial charge in [0.2, 0.25) is 0 Å². The molecule has 0 aliphatic carbocycles. The fourth-order valence-electron chi connectivity index (χ4n) is 2.90. The SMILES string of the molecule is CCCCCC/C=C\CCCCCCCCO[C@@H](C)CN(C)CC. The Morgan fingerprint density at radius 1 is 0.792 bits per heavy atom. The first-order chi connectivity index (χ1) is 11.7. The van der Waals surface area contributed by atoms with E-state index in [1.54, 1.807) is 0 Å². The fourth-order valence-corrected chi connectivity index (χ4v) is 2.90. The van der Waals surface area contributed by atoms with Gasteiger partial charge in [-0.3, -0.25) is 0 Å². The van der Waals surface area contributed by atoms with Gasteiger partial charge >= 0.3 is 0 Å². The lowest BCUT2D eigenvalue weighted by Gasteiger charge is -2.19. The first-order valence-electron chi connectivity index (χ1n) is 10.7. The zero-order valence-corrected chi connectivity index (χ0v) is 17.2. The summed E-state index contributed by atoms with van der Waals surface area (Å²) in [7, 11) is 2.15. The van der Waals surface area contributed by atoms with Crippen molar-refractivity contribution < 1.29 is 4.74 Å². The van der Waals surface area contributed by atoms with Gasteiger partial charge in [-0.25, -0.2) is 0 Å². The van der Waals surface area contributed by atoms with Crippen LogP contribution in [0.25, 0.3) is 0 Å². The number of hydrogen-bond acceptors (Lipinski definition) is 2. The van der Waals surface area contributed by atoms with Crippen LogP contribution in [0.15, 0.2) is 12.2 Å². The molecule has 0 N–H and O–H groups in total. The number of likely N-dealkylation sites (N-methyl/N-ethyl adjacent to an activating group) is 1. The second kappa shape index (κ2) is 19.0. The highest BCUT2D eigenvalue weighted by molar-refractivity contribution is 4.81. The monoisotopic (exact) mass is 339 g/mol. The predicted molar refractivity (Wildman–Crippen MR) is 109 cm³/mol. The molecule has 0 saturated carbocycles. The van der Waals surface area contributed by atoms with Crippen molar-refractivity contribution in [2.45, 2.75) is 104 Å². The molecule has 0 spiro atoms. The van der Waals surface area contributed by atoms with Gasteiger partial charge in [0.15, 0.2) is 0 Å². The quantitative estimate of drug-likeness (QED) is 0.206. The van der Waals surface area contributed by atoms with E-state index in [-0.39, 0.29) is 0 Å². The van der Waals surface area contributed by atoms with Gasteiger partial charge in [-0.05, 0) is 52.6 Å². The number of ether oxygens (including phenoxy) is 1. The lowest BCUT2D eigenvalue weighted by molar-refractivity contribution is 0.0421. The summed E-state index contributed by atoms with van der Waals surface area (Å²) in [6, 6.07) is 0.